The van der Waals surface area contributed by atoms with E-state index in [1.54, 1.807) is 41.5 Å². The van der Waals surface area contributed by atoms with Crippen LogP contribution >= 0.6 is 0 Å². The summed E-state index contributed by atoms with van der Waals surface area (Å²) in [5, 5.41) is 2.39. The van der Waals surface area contributed by atoms with Crippen molar-refractivity contribution < 1.29 is 23.9 Å². The molecule has 0 aromatic rings. The summed E-state index contributed by atoms with van der Waals surface area (Å²) >= 11 is 0. The van der Waals surface area contributed by atoms with Gasteiger partial charge in [0.25, 0.3) is 0 Å². The van der Waals surface area contributed by atoms with Gasteiger partial charge in [0.1, 0.15) is 17.6 Å². The minimum Gasteiger partial charge on any atom is -0.460 e. The predicted octanol–water partition coefficient (Wildman–Crippen LogP) is 2.20. The number of amides is 1. The molecule has 0 fully saturated rings. The first-order valence-electron chi connectivity index (χ1n) is 6.54. The van der Waals surface area contributed by atoms with Crippen LogP contribution in [-0.2, 0) is 19.1 Å². The molecule has 6 nitrogen and oxygen atoms in total. The van der Waals surface area contributed by atoms with E-state index in [1.165, 1.54) is 6.92 Å². The molecule has 0 heterocycles. The summed E-state index contributed by atoms with van der Waals surface area (Å²) in [6, 6.07) is -0.808. The second-order valence-electron chi connectivity index (χ2n) is 6.60. The number of hydrogen-bond donors (Lipinski definition) is 1. The number of carbonyl (C=O) groups is 3. The zero-order valence-electron chi connectivity index (χ0n) is 13.3. The lowest BCUT2D eigenvalue weighted by Crippen LogP contribution is -2.42. The van der Waals surface area contributed by atoms with E-state index in [-0.39, 0.29) is 6.42 Å². The van der Waals surface area contributed by atoms with Crippen molar-refractivity contribution in [1.29, 1.82) is 0 Å². The molecule has 0 saturated carbocycles. The molecule has 0 aliphatic heterocycles. The highest BCUT2D eigenvalue weighted by Gasteiger charge is 2.24. The maximum Gasteiger partial charge on any atom is 0.408 e. The molecule has 0 saturated heterocycles. The zero-order valence-corrected chi connectivity index (χ0v) is 13.3. The number of alkyl carbamates (subject to hydrolysis) is 1. The smallest absolute Gasteiger partial charge is 0.408 e. The van der Waals surface area contributed by atoms with Crippen molar-refractivity contribution in [1.82, 2.24) is 5.32 Å². The van der Waals surface area contributed by atoms with Crippen molar-refractivity contribution in [2.45, 2.75) is 72.1 Å². The van der Waals surface area contributed by atoms with Crippen LogP contribution in [0.3, 0.4) is 0 Å². The van der Waals surface area contributed by atoms with Crippen LogP contribution in [0.15, 0.2) is 0 Å². The van der Waals surface area contributed by atoms with E-state index < -0.39 is 35.1 Å². The molecule has 6 heteroatoms. The maximum absolute atomic E-state index is 11.8. The Morgan fingerprint density at radius 2 is 1.40 bits per heavy atom. The first kappa shape index (κ1) is 18.4. The molecular weight excluding hydrogens is 262 g/mol. The zero-order chi connectivity index (χ0) is 16.1. The van der Waals surface area contributed by atoms with Gasteiger partial charge in [-0.2, -0.15) is 0 Å². The molecular formula is C14H25NO5. The Labute approximate surface area is 120 Å². The van der Waals surface area contributed by atoms with Gasteiger partial charge in [0, 0.05) is 0 Å². The standard InChI is InChI=1S/C14H25NO5/c1-9(15-12(18)20-14(5,6)7)10(16)8-11(17)19-13(2,3)4/h9H,8H2,1-7H3,(H,15,18)/t9-/m1/s1. The molecule has 0 aromatic carbocycles. The highest BCUT2D eigenvalue weighted by atomic mass is 16.6. The van der Waals surface area contributed by atoms with Gasteiger partial charge in [-0.3, -0.25) is 9.59 Å². The number of rotatable bonds is 4. The molecule has 1 atom stereocenters. The third-order valence-electron chi connectivity index (χ3n) is 1.95. The van der Waals surface area contributed by atoms with Crippen LogP contribution in [0.2, 0.25) is 0 Å². The quantitative estimate of drug-likeness (QED) is 0.633. The van der Waals surface area contributed by atoms with Crippen LogP contribution in [0.1, 0.15) is 54.9 Å². The topological polar surface area (TPSA) is 81.7 Å². The lowest BCUT2D eigenvalue weighted by atomic mass is 10.1. The van der Waals surface area contributed by atoms with E-state index in [0.717, 1.165) is 0 Å². The molecule has 1 N–H and O–H groups in total. The van der Waals surface area contributed by atoms with Crippen molar-refractivity contribution in [3.63, 3.8) is 0 Å². The van der Waals surface area contributed by atoms with Gasteiger partial charge >= 0.3 is 12.1 Å². The van der Waals surface area contributed by atoms with Crippen LogP contribution in [0.5, 0.6) is 0 Å². The number of ether oxygens (including phenoxy) is 2. The molecule has 0 radical (unpaired) electrons. The second-order valence-corrected chi connectivity index (χ2v) is 6.60. The van der Waals surface area contributed by atoms with Crippen molar-refractivity contribution in [3.8, 4) is 0 Å². The lowest BCUT2D eigenvalue weighted by molar-refractivity contribution is -0.156. The van der Waals surface area contributed by atoms with E-state index in [9.17, 15) is 14.4 Å². The van der Waals surface area contributed by atoms with Gasteiger partial charge in [0.05, 0.1) is 6.04 Å². The number of Topliss-reactive ketones (excluding diaryl/α,β-unsaturated/α-hetero) is 1. The Morgan fingerprint density at radius 1 is 0.950 bits per heavy atom. The third kappa shape index (κ3) is 9.35. The summed E-state index contributed by atoms with van der Waals surface area (Å²) < 4.78 is 10.1. The molecule has 0 rings (SSSR count). The maximum atomic E-state index is 11.8. The molecule has 0 bridgehead atoms. The molecule has 20 heavy (non-hydrogen) atoms. The summed E-state index contributed by atoms with van der Waals surface area (Å²) in [4.78, 5) is 34.8. The monoisotopic (exact) mass is 287 g/mol. The molecule has 116 valence electrons. The van der Waals surface area contributed by atoms with Crippen LogP contribution in [0.25, 0.3) is 0 Å². The van der Waals surface area contributed by atoms with Crippen LogP contribution < -0.4 is 5.32 Å². The first-order valence-corrected chi connectivity index (χ1v) is 6.54. The van der Waals surface area contributed by atoms with E-state index in [1.807, 2.05) is 0 Å². The summed E-state index contributed by atoms with van der Waals surface area (Å²) in [6.07, 6.45) is -1.07. The third-order valence-corrected chi connectivity index (χ3v) is 1.95. The number of carbonyl (C=O) groups excluding carboxylic acids is 3. The van der Waals surface area contributed by atoms with Gasteiger partial charge in [-0.05, 0) is 48.5 Å². The largest absolute Gasteiger partial charge is 0.460 e. The number of ketones is 1. The summed E-state index contributed by atoms with van der Waals surface area (Å²) in [7, 11) is 0. The SMILES string of the molecule is C[C@@H](NC(=O)OC(C)(C)C)C(=O)CC(=O)OC(C)(C)C. The average Bonchev–Trinajstić information content (AvgIpc) is 2.10. The van der Waals surface area contributed by atoms with Gasteiger partial charge in [0.2, 0.25) is 0 Å². The molecule has 0 aromatic heterocycles. The van der Waals surface area contributed by atoms with Crippen LogP contribution in [0, 0.1) is 0 Å². The Hall–Kier alpha value is -1.59. The number of hydrogen-bond acceptors (Lipinski definition) is 5. The molecule has 1 amide bonds. The fourth-order valence-corrected chi connectivity index (χ4v) is 1.24. The van der Waals surface area contributed by atoms with Gasteiger partial charge in [-0.25, -0.2) is 4.79 Å². The first-order chi connectivity index (χ1) is 8.80. The summed E-state index contributed by atoms with van der Waals surface area (Å²) in [5.74, 6) is -1.04. The van der Waals surface area contributed by atoms with E-state index in [0.29, 0.717) is 0 Å². The molecule has 0 spiro atoms. The predicted molar refractivity (Wildman–Crippen MR) is 74.3 cm³/mol. The van der Waals surface area contributed by atoms with E-state index in [4.69, 9.17) is 9.47 Å². The molecule has 0 aliphatic carbocycles. The lowest BCUT2D eigenvalue weighted by Gasteiger charge is -2.22. The van der Waals surface area contributed by atoms with Gasteiger partial charge in [0.15, 0.2) is 5.78 Å². The van der Waals surface area contributed by atoms with Crippen molar-refractivity contribution in [3.05, 3.63) is 0 Å². The fourth-order valence-electron chi connectivity index (χ4n) is 1.24. The summed E-state index contributed by atoms with van der Waals surface area (Å²) in [6.45, 7) is 11.8. The minimum absolute atomic E-state index is 0.381. The Bertz CT molecular complexity index is 376. The normalized spacial score (nSPS) is 13.3. The van der Waals surface area contributed by atoms with Gasteiger partial charge < -0.3 is 14.8 Å². The van der Waals surface area contributed by atoms with Crippen molar-refractivity contribution in [2.24, 2.45) is 0 Å². The molecule has 0 unspecified atom stereocenters. The number of nitrogens with one attached hydrogen (secondary N) is 1. The van der Waals surface area contributed by atoms with Crippen LogP contribution in [-0.4, -0.2) is 35.1 Å². The van der Waals surface area contributed by atoms with Crippen LogP contribution in [0.4, 0.5) is 4.79 Å². The van der Waals surface area contributed by atoms with Crippen molar-refractivity contribution in [2.75, 3.05) is 0 Å². The average molecular weight is 287 g/mol. The van der Waals surface area contributed by atoms with Gasteiger partial charge in [-0.15, -0.1) is 0 Å². The fraction of sp³-hybridized carbons (Fsp3) is 0.786. The van der Waals surface area contributed by atoms with E-state index >= 15 is 0 Å². The van der Waals surface area contributed by atoms with Crippen molar-refractivity contribution >= 4 is 17.8 Å². The number of esters is 1. The Kier molecular flexibility index (Phi) is 6.19. The van der Waals surface area contributed by atoms with E-state index in [2.05, 4.69) is 5.32 Å². The second kappa shape index (κ2) is 6.72. The highest BCUT2D eigenvalue weighted by Crippen LogP contribution is 2.10. The Balaban J connectivity index is 4.29. The molecule has 0 aliphatic rings. The van der Waals surface area contributed by atoms with Gasteiger partial charge in [-0.1, -0.05) is 0 Å². The Morgan fingerprint density at radius 3 is 1.80 bits per heavy atom. The highest BCUT2D eigenvalue weighted by molar-refractivity contribution is 5.99. The summed E-state index contributed by atoms with van der Waals surface area (Å²) in [5.41, 5.74) is -1.28. The minimum atomic E-state index is -0.808.